The molecule has 0 aliphatic rings. The summed E-state index contributed by atoms with van der Waals surface area (Å²) in [6, 6.07) is 4.52. The highest BCUT2D eigenvalue weighted by atomic mass is 16.3. The van der Waals surface area contributed by atoms with Gasteiger partial charge in [-0.1, -0.05) is 13.8 Å². The number of nitrogens with zero attached hydrogens (tertiary/aromatic N) is 2. The molecule has 0 saturated heterocycles. The number of rotatable bonds is 5. The number of hydrogen-bond acceptors (Lipinski definition) is 3. The summed E-state index contributed by atoms with van der Waals surface area (Å²) in [5.41, 5.74) is 0. The van der Waals surface area contributed by atoms with Crippen LogP contribution in [0.1, 0.15) is 31.2 Å². The van der Waals surface area contributed by atoms with Gasteiger partial charge in [0, 0.05) is 18.4 Å². The molecule has 0 aliphatic carbocycles. The Balaban J connectivity index is 1.97. The second-order valence-corrected chi connectivity index (χ2v) is 4.51. The molecular formula is C13H19N3O. The Morgan fingerprint density at radius 2 is 2.12 bits per heavy atom. The van der Waals surface area contributed by atoms with Crippen molar-refractivity contribution in [2.24, 2.45) is 0 Å². The second-order valence-electron chi connectivity index (χ2n) is 4.51. The molecule has 0 aliphatic heterocycles. The largest absolute Gasteiger partial charge is 0.463 e. The van der Waals surface area contributed by atoms with Crippen molar-refractivity contribution >= 4 is 0 Å². The predicted octanol–water partition coefficient (Wildman–Crippen LogP) is 2.33. The Labute approximate surface area is 102 Å². The van der Waals surface area contributed by atoms with E-state index in [9.17, 15) is 0 Å². The van der Waals surface area contributed by atoms with Crippen LogP contribution < -0.4 is 5.32 Å². The zero-order chi connectivity index (χ0) is 12.3. The quantitative estimate of drug-likeness (QED) is 0.862. The SMILES string of the molecule is Cc1nccn1Cc1ccc(CNC(C)C)o1. The molecule has 2 aromatic rings. The van der Waals surface area contributed by atoms with Crippen LogP contribution >= 0.6 is 0 Å². The van der Waals surface area contributed by atoms with Crippen LogP contribution in [0.15, 0.2) is 28.9 Å². The van der Waals surface area contributed by atoms with Gasteiger partial charge in [-0.05, 0) is 19.1 Å². The van der Waals surface area contributed by atoms with Crippen molar-refractivity contribution in [1.29, 1.82) is 0 Å². The smallest absolute Gasteiger partial charge is 0.123 e. The molecule has 0 unspecified atom stereocenters. The highest BCUT2D eigenvalue weighted by Gasteiger charge is 2.04. The van der Waals surface area contributed by atoms with Crippen molar-refractivity contribution in [3.8, 4) is 0 Å². The van der Waals surface area contributed by atoms with E-state index in [2.05, 4.69) is 28.7 Å². The van der Waals surface area contributed by atoms with Gasteiger partial charge in [-0.25, -0.2) is 4.98 Å². The monoisotopic (exact) mass is 233 g/mol. The van der Waals surface area contributed by atoms with Crippen LogP contribution in [0, 0.1) is 6.92 Å². The number of hydrogen-bond donors (Lipinski definition) is 1. The van der Waals surface area contributed by atoms with Crippen molar-refractivity contribution in [2.75, 3.05) is 0 Å². The highest BCUT2D eigenvalue weighted by Crippen LogP contribution is 2.10. The van der Waals surface area contributed by atoms with E-state index in [1.165, 1.54) is 0 Å². The zero-order valence-corrected chi connectivity index (χ0v) is 10.6. The molecule has 2 rings (SSSR count). The summed E-state index contributed by atoms with van der Waals surface area (Å²) in [6.45, 7) is 7.76. The van der Waals surface area contributed by atoms with E-state index in [4.69, 9.17) is 4.42 Å². The number of nitrogens with one attached hydrogen (secondary N) is 1. The lowest BCUT2D eigenvalue weighted by atomic mass is 10.3. The Bertz CT molecular complexity index is 470. The third-order valence-electron chi connectivity index (χ3n) is 2.65. The molecule has 0 saturated carbocycles. The van der Waals surface area contributed by atoms with Gasteiger partial charge in [0.1, 0.15) is 17.3 Å². The minimum absolute atomic E-state index is 0.472. The molecular weight excluding hydrogens is 214 g/mol. The van der Waals surface area contributed by atoms with Gasteiger partial charge >= 0.3 is 0 Å². The fraction of sp³-hybridized carbons (Fsp3) is 0.462. The van der Waals surface area contributed by atoms with Gasteiger partial charge in [-0.15, -0.1) is 0 Å². The molecule has 0 amide bonds. The molecule has 4 heteroatoms. The van der Waals surface area contributed by atoms with Gasteiger partial charge in [0.15, 0.2) is 0 Å². The molecule has 0 bridgehead atoms. The van der Waals surface area contributed by atoms with E-state index >= 15 is 0 Å². The topological polar surface area (TPSA) is 43.0 Å². The van der Waals surface area contributed by atoms with Crippen molar-refractivity contribution in [1.82, 2.24) is 14.9 Å². The van der Waals surface area contributed by atoms with Crippen molar-refractivity contribution in [3.63, 3.8) is 0 Å². The molecule has 92 valence electrons. The molecule has 0 aromatic carbocycles. The lowest BCUT2D eigenvalue weighted by Crippen LogP contribution is -2.21. The van der Waals surface area contributed by atoms with Crippen molar-refractivity contribution in [3.05, 3.63) is 41.9 Å². The first-order valence-corrected chi connectivity index (χ1v) is 5.94. The molecule has 0 radical (unpaired) electrons. The normalized spacial score (nSPS) is 11.3. The lowest BCUT2D eigenvalue weighted by molar-refractivity contribution is 0.426. The summed E-state index contributed by atoms with van der Waals surface area (Å²) in [7, 11) is 0. The Kier molecular flexibility index (Phi) is 3.64. The third kappa shape index (κ3) is 3.20. The summed E-state index contributed by atoms with van der Waals surface area (Å²) in [6.07, 6.45) is 3.77. The van der Waals surface area contributed by atoms with E-state index in [0.29, 0.717) is 6.04 Å². The fourth-order valence-electron chi connectivity index (χ4n) is 1.65. The van der Waals surface area contributed by atoms with E-state index in [-0.39, 0.29) is 0 Å². The molecule has 17 heavy (non-hydrogen) atoms. The summed E-state index contributed by atoms with van der Waals surface area (Å²) in [5, 5.41) is 3.33. The number of furan rings is 1. The molecule has 0 fully saturated rings. The second kappa shape index (κ2) is 5.19. The highest BCUT2D eigenvalue weighted by molar-refractivity contribution is 5.08. The van der Waals surface area contributed by atoms with Gasteiger partial charge in [0.05, 0.1) is 13.1 Å². The molecule has 2 aromatic heterocycles. The first-order valence-electron chi connectivity index (χ1n) is 5.94. The van der Waals surface area contributed by atoms with Gasteiger partial charge < -0.3 is 14.3 Å². The van der Waals surface area contributed by atoms with E-state index in [1.807, 2.05) is 25.3 Å². The van der Waals surface area contributed by atoms with Crippen LogP contribution in [0.4, 0.5) is 0 Å². The molecule has 4 nitrogen and oxygen atoms in total. The lowest BCUT2D eigenvalue weighted by Gasteiger charge is -2.05. The third-order valence-corrected chi connectivity index (χ3v) is 2.65. The molecule has 0 spiro atoms. The van der Waals surface area contributed by atoms with Crippen LogP contribution in [-0.2, 0) is 13.1 Å². The van der Waals surface area contributed by atoms with Crippen molar-refractivity contribution in [2.45, 2.75) is 39.9 Å². The van der Waals surface area contributed by atoms with E-state index in [0.717, 1.165) is 30.4 Å². The molecule has 0 atom stereocenters. The number of aromatic nitrogens is 2. The van der Waals surface area contributed by atoms with Gasteiger partial charge in [-0.2, -0.15) is 0 Å². The Morgan fingerprint density at radius 3 is 2.76 bits per heavy atom. The van der Waals surface area contributed by atoms with Crippen LogP contribution in [0.3, 0.4) is 0 Å². The Hall–Kier alpha value is -1.55. The van der Waals surface area contributed by atoms with E-state index < -0.39 is 0 Å². The van der Waals surface area contributed by atoms with Crippen LogP contribution in [0.25, 0.3) is 0 Å². The molecule has 2 heterocycles. The van der Waals surface area contributed by atoms with Crippen molar-refractivity contribution < 1.29 is 4.42 Å². The summed E-state index contributed by atoms with van der Waals surface area (Å²) < 4.78 is 7.82. The van der Waals surface area contributed by atoms with Gasteiger partial charge in [-0.3, -0.25) is 0 Å². The van der Waals surface area contributed by atoms with Crippen LogP contribution in [0.5, 0.6) is 0 Å². The maximum atomic E-state index is 5.75. The summed E-state index contributed by atoms with van der Waals surface area (Å²) in [5.74, 6) is 2.95. The van der Waals surface area contributed by atoms with Crippen LogP contribution in [0.2, 0.25) is 0 Å². The number of imidazole rings is 1. The standard InChI is InChI=1S/C13H19N3O/c1-10(2)15-8-12-4-5-13(17-12)9-16-7-6-14-11(16)3/h4-7,10,15H,8-9H2,1-3H3. The van der Waals surface area contributed by atoms with E-state index in [1.54, 1.807) is 6.20 Å². The minimum atomic E-state index is 0.472. The minimum Gasteiger partial charge on any atom is -0.463 e. The average Bonchev–Trinajstić information content (AvgIpc) is 2.87. The maximum Gasteiger partial charge on any atom is 0.123 e. The Morgan fingerprint density at radius 1 is 1.35 bits per heavy atom. The maximum absolute atomic E-state index is 5.75. The van der Waals surface area contributed by atoms with Gasteiger partial charge in [0.2, 0.25) is 0 Å². The first-order chi connectivity index (χ1) is 8.15. The first kappa shape index (κ1) is 11.9. The fourth-order valence-corrected chi connectivity index (χ4v) is 1.65. The average molecular weight is 233 g/mol. The predicted molar refractivity (Wildman–Crippen MR) is 66.7 cm³/mol. The zero-order valence-electron chi connectivity index (χ0n) is 10.6. The van der Waals surface area contributed by atoms with Gasteiger partial charge in [0.25, 0.3) is 0 Å². The number of aryl methyl sites for hydroxylation is 1. The molecule has 1 N–H and O–H groups in total. The summed E-state index contributed by atoms with van der Waals surface area (Å²) in [4.78, 5) is 4.19. The van der Waals surface area contributed by atoms with Crippen LogP contribution in [-0.4, -0.2) is 15.6 Å². The summed E-state index contributed by atoms with van der Waals surface area (Å²) >= 11 is 0.